The van der Waals surface area contributed by atoms with Crippen LogP contribution in [-0.2, 0) is 15.2 Å². The van der Waals surface area contributed by atoms with E-state index in [2.05, 4.69) is 18.7 Å². The van der Waals surface area contributed by atoms with Crippen LogP contribution in [-0.4, -0.2) is 40.3 Å². The molecule has 0 aliphatic heterocycles. The summed E-state index contributed by atoms with van der Waals surface area (Å²) in [6, 6.07) is 6.47. The molecule has 0 aliphatic rings. The van der Waals surface area contributed by atoms with E-state index >= 15 is 0 Å². The molecule has 6 heteroatoms. The van der Waals surface area contributed by atoms with Gasteiger partial charge in [-0.15, -0.1) is 0 Å². The van der Waals surface area contributed by atoms with Crippen LogP contribution < -0.4 is 4.90 Å². The average Bonchev–Trinajstić information content (AvgIpc) is 2.76. The summed E-state index contributed by atoms with van der Waals surface area (Å²) in [5, 5.41) is 29.6. The van der Waals surface area contributed by atoms with Gasteiger partial charge in [0.1, 0.15) is 0 Å². The molecule has 0 spiro atoms. The van der Waals surface area contributed by atoms with Gasteiger partial charge >= 0.3 is 11.9 Å². The Kier molecular flexibility index (Phi) is 12.9. The van der Waals surface area contributed by atoms with Crippen molar-refractivity contribution < 1.29 is 24.9 Å². The van der Waals surface area contributed by atoms with Crippen molar-refractivity contribution in [1.82, 2.24) is 0 Å². The van der Waals surface area contributed by atoms with E-state index in [1.807, 2.05) is 0 Å². The Bertz CT molecular complexity index is 631. The Morgan fingerprint density at radius 1 is 0.742 bits per heavy atom. The van der Waals surface area contributed by atoms with Crippen LogP contribution >= 0.6 is 0 Å². The molecule has 1 aromatic rings. The lowest BCUT2D eigenvalue weighted by molar-refractivity contribution is -0.177. The molecule has 0 saturated heterocycles. The number of rotatable bonds is 18. The fourth-order valence-corrected chi connectivity index (χ4v) is 3.90. The second kappa shape index (κ2) is 14.8. The molecular weight excluding hydrogens is 394 g/mol. The second-order valence-corrected chi connectivity index (χ2v) is 8.36. The second-order valence-electron chi connectivity index (χ2n) is 8.36. The monoisotopic (exact) mass is 435 g/mol. The van der Waals surface area contributed by atoms with Crippen molar-refractivity contribution in [2.75, 3.05) is 18.0 Å². The smallest absolute Gasteiger partial charge is 0.352 e. The Hall–Kier alpha value is -2.08. The SMILES string of the molecule is CCCCCCCCN(CCCCCCCC)c1ccccc1C(O)(C(=O)O)C(=O)O. The molecule has 31 heavy (non-hydrogen) atoms. The van der Waals surface area contributed by atoms with Crippen LogP contribution in [0.15, 0.2) is 24.3 Å². The summed E-state index contributed by atoms with van der Waals surface area (Å²) in [6.45, 7) is 5.80. The van der Waals surface area contributed by atoms with E-state index in [4.69, 9.17) is 0 Å². The van der Waals surface area contributed by atoms with E-state index in [9.17, 15) is 24.9 Å². The number of unbranched alkanes of at least 4 members (excludes halogenated alkanes) is 10. The number of para-hydroxylation sites is 1. The van der Waals surface area contributed by atoms with Crippen LogP contribution in [0.5, 0.6) is 0 Å². The summed E-state index contributed by atoms with van der Waals surface area (Å²) in [6.07, 6.45) is 13.7. The quantitative estimate of drug-likeness (QED) is 0.206. The highest BCUT2D eigenvalue weighted by atomic mass is 16.4. The summed E-state index contributed by atoms with van der Waals surface area (Å²) in [5.41, 5.74) is -2.54. The van der Waals surface area contributed by atoms with Gasteiger partial charge in [-0.05, 0) is 18.9 Å². The number of benzene rings is 1. The van der Waals surface area contributed by atoms with Gasteiger partial charge in [-0.2, -0.15) is 0 Å². The minimum Gasteiger partial charge on any atom is -0.478 e. The minimum atomic E-state index is -2.96. The maximum atomic E-state index is 11.7. The van der Waals surface area contributed by atoms with Gasteiger partial charge in [0.25, 0.3) is 5.60 Å². The van der Waals surface area contributed by atoms with E-state index in [0.717, 1.165) is 38.5 Å². The van der Waals surface area contributed by atoms with Crippen LogP contribution in [0.1, 0.15) is 96.5 Å². The molecular formula is C25H41NO5. The maximum absolute atomic E-state index is 11.7. The molecule has 176 valence electrons. The van der Waals surface area contributed by atoms with E-state index in [1.165, 1.54) is 44.6 Å². The first-order chi connectivity index (χ1) is 14.9. The first kappa shape index (κ1) is 27.0. The molecule has 0 bridgehead atoms. The fourth-order valence-electron chi connectivity index (χ4n) is 3.90. The molecule has 0 heterocycles. The minimum absolute atomic E-state index is 0.0769. The van der Waals surface area contributed by atoms with Crippen LogP contribution in [0, 0.1) is 0 Å². The van der Waals surface area contributed by atoms with Crippen molar-refractivity contribution in [3.05, 3.63) is 29.8 Å². The number of hydrogen-bond donors (Lipinski definition) is 3. The van der Waals surface area contributed by atoms with E-state index < -0.39 is 17.5 Å². The Labute approximate surface area is 187 Å². The van der Waals surface area contributed by atoms with Crippen LogP contribution in [0.2, 0.25) is 0 Å². The maximum Gasteiger partial charge on any atom is 0.352 e. The van der Waals surface area contributed by atoms with Gasteiger partial charge in [-0.1, -0.05) is 96.3 Å². The molecule has 0 aliphatic carbocycles. The third-order valence-corrected chi connectivity index (χ3v) is 5.82. The fraction of sp³-hybridized carbons (Fsp3) is 0.680. The lowest BCUT2D eigenvalue weighted by atomic mass is 9.91. The Morgan fingerprint density at radius 3 is 1.61 bits per heavy atom. The number of aliphatic hydroxyl groups is 1. The van der Waals surface area contributed by atoms with Gasteiger partial charge in [0.15, 0.2) is 0 Å². The number of hydrogen-bond acceptors (Lipinski definition) is 4. The zero-order chi connectivity index (χ0) is 23.1. The first-order valence-electron chi connectivity index (χ1n) is 11.9. The molecule has 6 nitrogen and oxygen atoms in total. The highest BCUT2D eigenvalue weighted by molar-refractivity contribution is 6.03. The summed E-state index contributed by atoms with van der Waals surface area (Å²) < 4.78 is 0. The predicted molar refractivity (Wildman–Crippen MR) is 125 cm³/mol. The van der Waals surface area contributed by atoms with Gasteiger partial charge in [0.05, 0.1) is 0 Å². The number of carboxylic acid groups (broad SMARTS) is 2. The Morgan fingerprint density at radius 2 is 1.16 bits per heavy atom. The zero-order valence-corrected chi connectivity index (χ0v) is 19.3. The molecule has 0 radical (unpaired) electrons. The van der Waals surface area contributed by atoms with E-state index in [1.54, 1.807) is 18.2 Å². The summed E-state index contributed by atoms with van der Waals surface area (Å²) >= 11 is 0. The van der Waals surface area contributed by atoms with Crippen molar-refractivity contribution in [1.29, 1.82) is 0 Å². The van der Waals surface area contributed by atoms with Gasteiger partial charge in [-0.3, -0.25) is 0 Å². The number of anilines is 1. The predicted octanol–water partition coefficient (Wildman–Crippen LogP) is 5.57. The average molecular weight is 436 g/mol. The molecule has 0 amide bonds. The summed E-state index contributed by atoms with van der Waals surface area (Å²) in [5.74, 6) is -3.54. The van der Waals surface area contributed by atoms with Crippen molar-refractivity contribution in [3.63, 3.8) is 0 Å². The standard InChI is InChI=1S/C25H41NO5/c1-3-5-7-9-11-15-19-26(20-16-12-10-8-6-4-2)22-18-14-13-17-21(22)25(31,23(27)28)24(29)30/h13-14,17-18,31H,3-12,15-16,19-20H2,1-2H3,(H,27,28)(H,29,30). The molecule has 0 aromatic heterocycles. The summed E-state index contributed by atoms with van der Waals surface area (Å²) in [7, 11) is 0. The molecule has 0 saturated carbocycles. The molecule has 1 aromatic carbocycles. The number of aliphatic carboxylic acids is 2. The van der Waals surface area contributed by atoms with Crippen molar-refractivity contribution in [2.24, 2.45) is 0 Å². The third-order valence-electron chi connectivity index (χ3n) is 5.82. The molecule has 0 unspecified atom stereocenters. The molecule has 0 fully saturated rings. The van der Waals surface area contributed by atoms with E-state index in [-0.39, 0.29) is 5.56 Å². The van der Waals surface area contributed by atoms with Gasteiger partial charge < -0.3 is 20.2 Å². The third kappa shape index (κ3) is 8.52. The first-order valence-corrected chi connectivity index (χ1v) is 11.9. The number of carbonyl (C=O) groups is 2. The molecule has 1 rings (SSSR count). The van der Waals surface area contributed by atoms with Gasteiger partial charge in [0.2, 0.25) is 0 Å². The molecule has 3 N–H and O–H groups in total. The van der Waals surface area contributed by atoms with Gasteiger partial charge in [0, 0.05) is 24.3 Å². The van der Waals surface area contributed by atoms with Gasteiger partial charge in [-0.25, -0.2) is 9.59 Å². The van der Waals surface area contributed by atoms with Crippen molar-refractivity contribution in [3.8, 4) is 0 Å². The largest absolute Gasteiger partial charge is 0.478 e. The number of nitrogens with zero attached hydrogens (tertiary/aromatic N) is 1. The van der Waals surface area contributed by atoms with Crippen LogP contribution in [0.4, 0.5) is 5.69 Å². The van der Waals surface area contributed by atoms with Crippen LogP contribution in [0.25, 0.3) is 0 Å². The highest BCUT2D eigenvalue weighted by Gasteiger charge is 2.48. The summed E-state index contributed by atoms with van der Waals surface area (Å²) in [4.78, 5) is 25.5. The highest BCUT2D eigenvalue weighted by Crippen LogP contribution is 2.32. The van der Waals surface area contributed by atoms with Crippen LogP contribution in [0.3, 0.4) is 0 Å². The molecule has 0 atom stereocenters. The number of carboxylic acids is 2. The van der Waals surface area contributed by atoms with Crippen molar-refractivity contribution >= 4 is 17.6 Å². The zero-order valence-electron chi connectivity index (χ0n) is 19.3. The lowest BCUT2D eigenvalue weighted by Crippen LogP contribution is -2.45. The Balaban J connectivity index is 2.97. The lowest BCUT2D eigenvalue weighted by Gasteiger charge is -2.30. The van der Waals surface area contributed by atoms with Crippen molar-refractivity contribution in [2.45, 2.75) is 96.5 Å². The topological polar surface area (TPSA) is 98.1 Å². The normalized spacial score (nSPS) is 11.5. The van der Waals surface area contributed by atoms with E-state index in [0.29, 0.717) is 18.8 Å².